The molecular formula is C32H44FN3O2. The molecule has 206 valence electrons. The summed E-state index contributed by atoms with van der Waals surface area (Å²) in [6.07, 6.45) is 6.10. The zero-order chi connectivity index (χ0) is 27.6. The van der Waals surface area contributed by atoms with Crippen molar-refractivity contribution in [1.29, 1.82) is 5.41 Å². The van der Waals surface area contributed by atoms with Crippen LogP contribution in [0.15, 0.2) is 18.2 Å². The van der Waals surface area contributed by atoms with Gasteiger partial charge in [-0.15, -0.1) is 0 Å². The molecule has 38 heavy (non-hydrogen) atoms. The van der Waals surface area contributed by atoms with Crippen molar-refractivity contribution in [3.05, 3.63) is 57.4 Å². The van der Waals surface area contributed by atoms with Crippen LogP contribution in [0.25, 0.3) is 0 Å². The second-order valence-corrected chi connectivity index (χ2v) is 11.7. The molecule has 0 amide bonds. The van der Waals surface area contributed by atoms with Gasteiger partial charge in [-0.1, -0.05) is 41.0 Å². The van der Waals surface area contributed by atoms with E-state index < -0.39 is 5.82 Å². The van der Waals surface area contributed by atoms with Crippen LogP contribution in [0.4, 0.5) is 10.1 Å². The summed E-state index contributed by atoms with van der Waals surface area (Å²) in [4.78, 5) is 17.9. The first kappa shape index (κ1) is 28.1. The van der Waals surface area contributed by atoms with Crippen molar-refractivity contribution >= 4 is 17.3 Å². The minimum atomic E-state index is -0.470. The van der Waals surface area contributed by atoms with Crippen LogP contribution in [0, 0.1) is 11.2 Å². The van der Waals surface area contributed by atoms with Crippen LogP contribution in [0.3, 0.4) is 0 Å². The molecule has 4 rings (SSSR count). The molecule has 2 aromatic rings. The number of hydrogen-bond donors (Lipinski definition) is 1. The number of nitrogens with zero attached hydrogens (tertiary/aromatic N) is 2. The molecule has 0 aromatic heterocycles. The molecule has 0 radical (unpaired) electrons. The Labute approximate surface area is 227 Å². The molecule has 2 aromatic carbocycles. The summed E-state index contributed by atoms with van der Waals surface area (Å²) >= 11 is 0. The molecular weight excluding hydrogens is 477 g/mol. The lowest BCUT2D eigenvalue weighted by Crippen LogP contribution is -2.33. The van der Waals surface area contributed by atoms with E-state index in [-0.39, 0.29) is 34.9 Å². The van der Waals surface area contributed by atoms with E-state index in [9.17, 15) is 4.79 Å². The van der Waals surface area contributed by atoms with Gasteiger partial charge in [-0.2, -0.15) is 0 Å². The van der Waals surface area contributed by atoms with Crippen molar-refractivity contribution in [3.8, 4) is 5.75 Å². The van der Waals surface area contributed by atoms with E-state index in [2.05, 4.69) is 51.7 Å². The van der Waals surface area contributed by atoms with E-state index in [1.54, 1.807) is 4.90 Å². The lowest BCUT2D eigenvalue weighted by atomic mass is 9.80. The van der Waals surface area contributed by atoms with Gasteiger partial charge in [0.15, 0.2) is 17.3 Å². The van der Waals surface area contributed by atoms with E-state index in [0.717, 1.165) is 37.1 Å². The van der Waals surface area contributed by atoms with Crippen molar-refractivity contribution in [3.63, 3.8) is 0 Å². The van der Waals surface area contributed by atoms with Gasteiger partial charge in [0.1, 0.15) is 5.84 Å². The number of benzene rings is 2. The Balaban J connectivity index is 1.67. The number of ether oxygens (including phenoxy) is 1. The highest BCUT2D eigenvalue weighted by molar-refractivity contribution is 6.06. The maximum absolute atomic E-state index is 15.6. The number of carbonyl (C=O) groups is 1. The summed E-state index contributed by atoms with van der Waals surface area (Å²) < 4.78 is 21.2. The quantitative estimate of drug-likeness (QED) is 0.359. The Morgan fingerprint density at radius 3 is 2.39 bits per heavy atom. The van der Waals surface area contributed by atoms with Crippen LogP contribution in [0.5, 0.6) is 5.75 Å². The van der Waals surface area contributed by atoms with Crippen LogP contribution in [-0.4, -0.2) is 42.8 Å². The minimum Gasteiger partial charge on any atom is -0.490 e. The van der Waals surface area contributed by atoms with Crippen LogP contribution in [0.1, 0.15) is 105 Å². The van der Waals surface area contributed by atoms with Gasteiger partial charge in [-0.25, -0.2) is 4.39 Å². The smallest absolute Gasteiger partial charge is 0.182 e. The zero-order valence-electron chi connectivity index (χ0n) is 24.1. The van der Waals surface area contributed by atoms with Crippen LogP contribution < -0.4 is 9.64 Å². The van der Waals surface area contributed by atoms with Gasteiger partial charge < -0.3 is 14.5 Å². The third-order valence-corrected chi connectivity index (χ3v) is 7.84. The molecule has 2 heterocycles. The fraction of sp³-hybridized carbons (Fsp3) is 0.562. The Hall–Kier alpha value is -2.89. The maximum Gasteiger partial charge on any atom is 0.182 e. The van der Waals surface area contributed by atoms with Gasteiger partial charge in [0.25, 0.3) is 0 Å². The molecule has 1 N–H and O–H groups in total. The highest BCUT2D eigenvalue weighted by Crippen LogP contribution is 2.37. The number of anilines is 1. The van der Waals surface area contributed by atoms with Crippen molar-refractivity contribution in [2.24, 2.45) is 0 Å². The molecule has 1 saturated heterocycles. The number of aryl methyl sites for hydroxylation is 1. The standard InChI is InChI=1S/C32H44FN3O2/c1-7-13-21-16-23-19-36(31(34)28(23)29(33)30(21)38-9-3)20-27(37)22-17-25(32(4,5)6)24(8-2)26(18-22)35-14-11-10-12-15-35/h16-18,34H,7-15,19-20H2,1-6H3. The van der Waals surface area contributed by atoms with Crippen LogP contribution >= 0.6 is 0 Å². The Bertz CT molecular complexity index is 1210. The zero-order valence-corrected chi connectivity index (χ0v) is 24.1. The number of ketones is 1. The minimum absolute atomic E-state index is 0.0341. The molecule has 1 fully saturated rings. The number of Topliss-reactive ketones (excluding diaryl/α,β-unsaturated/α-hetero) is 1. The van der Waals surface area contributed by atoms with Crippen LogP contribution in [-0.2, 0) is 24.8 Å². The number of nitrogens with one attached hydrogen (secondary N) is 1. The van der Waals surface area contributed by atoms with Gasteiger partial charge in [-0.05, 0) is 84.9 Å². The molecule has 0 spiro atoms. The summed E-state index contributed by atoms with van der Waals surface area (Å²) in [5, 5.41) is 8.76. The van der Waals surface area contributed by atoms with E-state index in [4.69, 9.17) is 10.1 Å². The van der Waals surface area contributed by atoms with Crippen molar-refractivity contribution in [2.45, 2.75) is 92.0 Å². The van der Waals surface area contributed by atoms with Gasteiger partial charge in [0.2, 0.25) is 0 Å². The van der Waals surface area contributed by atoms with E-state index in [1.165, 1.54) is 36.1 Å². The number of rotatable bonds is 9. The van der Waals surface area contributed by atoms with E-state index in [1.807, 2.05) is 13.0 Å². The van der Waals surface area contributed by atoms with Crippen LogP contribution in [0.2, 0.25) is 0 Å². The van der Waals surface area contributed by atoms with Gasteiger partial charge >= 0.3 is 0 Å². The number of halogens is 1. The number of amidine groups is 1. The predicted octanol–water partition coefficient (Wildman–Crippen LogP) is 7.05. The largest absolute Gasteiger partial charge is 0.490 e. The van der Waals surface area contributed by atoms with Gasteiger partial charge in [0.05, 0.1) is 18.7 Å². The number of fused-ring (bicyclic) bond motifs is 1. The summed E-state index contributed by atoms with van der Waals surface area (Å²) in [6.45, 7) is 15.5. The molecule has 0 unspecified atom stereocenters. The number of piperidine rings is 1. The second kappa shape index (κ2) is 11.5. The highest BCUT2D eigenvalue weighted by Gasteiger charge is 2.33. The SMILES string of the molecule is CCCc1cc2c(c(F)c1OCC)C(=N)N(CC(=O)c1cc(N3CCCCC3)c(CC)c(C(C)(C)C)c1)C2. The molecule has 0 aliphatic carbocycles. The topological polar surface area (TPSA) is 56.6 Å². The molecule has 2 aliphatic heterocycles. The van der Waals surface area contributed by atoms with Crippen molar-refractivity contribution < 1.29 is 13.9 Å². The van der Waals surface area contributed by atoms with Crippen molar-refractivity contribution in [1.82, 2.24) is 4.90 Å². The first-order chi connectivity index (χ1) is 18.1. The van der Waals surface area contributed by atoms with Gasteiger partial charge in [0, 0.05) is 30.9 Å². The molecule has 0 saturated carbocycles. The molecule has 6 heteroatoms. The summed E-state index contributed by atoms with van der Waals surface area (Å²) in [5.41, 5.74) is 6.16. The molecule has 2 aliphatic rings. The lowest BCUT2D eigenvalue weighted by molar-refractivity contribution is 0.0962. The predicted molar refractivity (Wildman–Crippen MR) is 154 cm³/mol. The molecule has 5 nitrogen and oxygen atoms in total. The average molecular weight is 522 g/mol. The average Bonchev–Trinajstić information content (AvgIpc) is 3.20. The lowest BCUT2D eigenvalue weighted by Gasteiger charge is -2.34. The Kier molecular flexibility index (Phi) is 8.49. The third-order valence-electron chi connectivity index (χ3n) is 7.84. The highest BCUT2D eigenvalue weighted by atomic mass is 19.1. The first-order valence-electron chi connectivity index (χ1n) is 14.4. The fourth-order valence-corrected chi connectivity index (χ4v) is 6.00. The van der Waals surface area contributed by atoms with Gasteiger partial charge in [-0.3, -0.25) is 10.2 Å². The molecule has 0 bridgehead atoms. The normalized spacial score (nSPS) is 15.7. The summed E-state index contributed by atoms with van der Waals surface area (Å²) in [6, 6.07) is 6.10. The van der Waals surface area contributed by atoms with E-state index in [0.29, 0.717) is 25.1 Å². The Morgan fingerprint density at radius 1 is 1.08 bits per heavy atom. The summed E-state index contributed by atoms with van der Waals surface area (Å²) in [5.74, 6) is -0.190. The number of hydrogen-bond acceptors (Lipinski definition) is 4. The second-order valence-electron chi connectivity index (χ2n) is 11.7. The van der Waals surface area contributed by atoms with E-state index >= 15 is 4.39 Å². The third kappa shape index (κ3) is 5.45. The Morgan fingerprint density at radius 2 is 1.79 bits per heavy atom. The summed E-state index contributed by atoms with van der Waals surface area (Å²) in [7, 11) is 0. The first-order valence-corrected chi connectivity index (χ1v) is 14.4. The monoisotopic (exact) mass is 521 g/mol. The maximum atomic E-state index is 15.6. The fourth-order valence-electron chi connectivity index (χ4n) is 6.00. The van der Waals surface area contributed by atoms with Crippen molar-refractivity contribution in [2.75, 3.05) is 31.1 Å². The molecule has 0 atom stereocenters. The number of carbonyl (C=O) groups excluding carboxylic acids is 1.